The average Bonchev–Trinajstić information content (AvgIpc) is 3.20. The van der Waals surface area contributed by atoms with Crippen molar-refractivity contribution in [2.45, 2.75) is 20.8 Å². The highest BCUT2D eigenvalue weighted by Crippen LogP contribution is 2.35. The number of hydrogen-bond donors (Lipinski definition) is 0. The number of esters is 1. The number of rotatable bonds is 8. The number of ether oxygens (including phenoxy) is 3. The van der Waals surface area contributed by atoms with Crippen LogP contribution in [-0.2, 0) is 4.74 Å². The summed E-state index contributed by atoms with van der Waals surface area (Å²) in [4.78, 5) is 20.8. The molecule has 0 saturated carbocycles. The van der Waals surface area contributed by atoms with Crippen LogP contribution in [-0.4, -0.2) is 35.8 Å². The monoisotopic (exact) mass is 398 g/mol. The Hall–Kier alpha value is -2.93. The third-order valence-corrected chi connectivity index (χ3v) is 4.72. The van der Waals surface area contributed by atoms with Crippen LogP contribution in [0, 0.1) is 0 Å². The lowest BCUT2D eigenvalue weighted by atomic mass is 10.2. The van der Waals surface area contributed by atoms with Crippen molar-refractivity contribution in [2.24, 2.45) is 0 Å². The number of hydrogen-bond acceptors (Lipinski definition) is 7. The zero-order valence-electron chi connectivity index (χ0n) is 16.1. The second-order valence-electron chi connectivity index (χ2n) is 5.72. The summed E-state index contributed by atoms with van der Waals surface area (Å²) in [6.07, 6.45) is 1.51. The molecule has 1 aromatic carbocycles. The van der Waals surface area contributed by atoms with Gasteiger partial charge in [-0.3, -0.25) is 4.98 Å². The highest BCUT2D eigenvalue weighted by molar-refractivity contribution is 7.13. The molecular formula is C21H22N2O4S. The maximum absolute atomic E-state index is 11.7. The molecule has 0 unspecified atom stereocenters. The van der Waals surface area contributed by atoms with Gasteiger partial charge in [0.05, 0.1) is 31.1 Å². The van der Waals surface area contributed by atoms with Crippen LogP contribution < -0.4 is 9.47 Å². The molecule has 146 valence electrons. The molecule has 0 bridgehead atoms. The molecule has 0 aliphatic heterocycles. The number of aromatic nitrogens is 2. The molecule has 3 aromatic rings. The molecule has 0 N–H and O–H groups in total. The van der Waals surface area contributed by atoms with Crippen LogP contribution in [0.25, 0.3) is 22.0 Å². The molecule has 0 atom stereocenters. The van der Waals surface area contributed by atoms with E-state index in [0.717, 1.165) is 22.0 Å². The standard InChI is InChI=1S/C21H22N2O4S/c1-4-25-18-10-8-14(11-19(18)26-5-2)20-23-17(13-28-20)16-9-7-15(12-22-16)21(24)27-6-3/h7-13H,4-6H2,1-3H3. The van der Waals surface area contributed by atoms with Crippen molar-refractivity contribution in [3.8, 4) is 33.5 Å². The van der Waals surface area contributed by atoms with Gasteiger partial charge in [0.15, 0.2) is 11.5 Å². The van der Waals surface area contributed by atoms with Crippen molar-refractivity contribution in [1.82, 2.24) is 9.97 Å². The van der Waals surface area contributed by atoms with Gasteiger partial charge < -0.3 is 14.2 Å². The predicted molar refractivity (Wildman–Crippen MR) is 109 cm³/mol. The van der Waals surface area contributed by atoms with Crippen molar-refractivity contribution in [3.63, 3.8) is 0 Å². The Morgan fingerprint density at radius 3 is 2.43 bits per heavy atom. The van der Waals surface area contributed by atoms with Crippen LogP contribution >= 0.6 is 11.3 Å². The Bertz CT molecular complexity index is 938. The van der Waals surface area contributed by atoms with E-state index in [-0.39, 0.29) is 5.97 Å². The van der Waals surface area contributed by atoms with Crippen LogP contribution in [0.5, 0.6) is 11.5 Å². The molecule has 0 spiro atoms. The van der Waals surface area contributed by atoms with Gasteiger partial charge in [-0.25, -0.2) is 9.78 Å². The largest absolute Gasteiger partial charge is 0.490 e. The fourth-order valence-electron chi connectivity index (χ4n) is 2.59. The van der Waals surface area contributed by atoms with Gasteiger partial charge in [0, 0.05) is 17.1 Å². The summed E-state index contributed by atoms with van der Waals surface area (Å²) in [5.41, 5.74) is 2.83. The summed E-state index contributed by atoms with van der Waals surface area (Å²) in [6.45, 7) is 7.13. The second kappa shape index (κ2) is 9.32. The number of carbonyl (C=O) groups excluding carboxylic acids is 1. The van der Waals surface area contributed by atoms with Crippen LogP contribution in [0.2, 0.25) is 0 Å². The molecule has 3 rings (SSSR count). The molecule has 0 aliphatic carbocycles. The minimum Gasteiger partial charge on any atom is -0.490 e. The molecule has 6 nitrogen and oxygen atoms in total. The van der Waals surface area contributed by atoms with E-state index in [0.29, 0.717) is 36.8 Å². The lowest BCUT2D eigenvalue weighted by molar-refractivity contribution is 0.0526. The van der Waals surface area contributed by atoms with Crippen molar-refractivity contribution in [3.05, 3.63) is 47.5 Å². The molecule has 28 heavy (non-hydrogen) atoms. The highest BCUT2D eigenvalue weighted by Gasteiger charge is 2.13. The smallest absolute Gasteiger partial charge is 0.339 e. The number of nitrogens with zero attached hydrogens (tertiary/aromatic N) is 2. The van der Waals surface area contributed by atoms with Gasteiger partial charge in [0.2, 0.25) is 0 Å². The van der Waals surface area contributed by atoms with Crippen LogP contribution in [0.4, 0.5) is 0 Å². The van der Waals surface area contributed by atoms with Crippen LogP contribution in [0.15, 0.2) is 41.9 Å². The third kappa shape index (κ3) is 4.48. The molecule has 7 heteroatoms. The quantitative estimate of drug-likeness (QED) is 0.505. The maximum atomic E-state index is 11.7. The van der Waals surface area contributed by atoms with Gasteiger partial charge >= 0.3 is 5.97 Å². The molecule has 2 aromatic heterocycles. The first-order chi connectivity index (χ1) is 13.7. The number of carbonyl (C=O) groups is 1. The molecular weight excluding hydrogens is 376 g/mol. The zero-order valence-corrected chi connectivity index (χ0v) is 16.9. The predicted octanol–water partition coefficient (Wildman–Crippen LogP) is 4.85. The minimum absolute atomic E-state index is 0.335. The fraction of sp³-hybridized carbons (Fsp3) is 0.286. The number of pyridine rings is 1. The van der Waals surface area contributed by atoms with Gasteiger partial charge in [-0.15, -0.1) is 11.3 Å². The summed E-state index contributed by atoms with van der Waals surface area (Å²) >= 11 is 1.52. The van der Waals surface area contributed by atoms with Gasteiger partial charge in [0.25, 0.3) is 0 Å². The first kappa shape index (κ1) is 19.8. The molecule has 0 saturated heterocycles. The van der Waals surface area contributed by atoms with E-state index in [9.17, 15) is 4.79 Å². The van der Waals surface area contributed by atoms with E-state index >= 15 is 0 Å². The molecule has 2 heterocycles. The lowest BCUT2D eigenvalue weighted by Gasteiger charge is -2.11. The highest BCUT2D eigenvalue weighted by atomic mass is 32.1. The molecule has 0 aliphatic rings. The molecule has 0 fully saturated rings. The van der Waals surface area contributed by atoms with Crippen molar-refractivity contribution in [2.75, 3.05) is 19.8 Å². The second-order valence-corrected chi connectivity index (χ2v) is 6.58. The Morgan fingerprint density at radius 1 is 0.964 bits per heavy atom. The van der Waals surface area contributed by atoms with E-state index in [1.807, 2.05) is 37.4 Å². The van der Waals surface area contributed by atoms with E-state index in [1.54, 1.807) is 19.1 Å². The first-order valence-corrected chi connectivity index (χ1v) is 10.0. The van der Waals surface area contributed by atoms with E-state index < -0.39 is 0 Å². The Morgan fingerprint density at radius 2 is 1.75 bits per heavy atom. The van der Waals surface area contributed by atoms with Crippen molar-refractivity contribution < 1.29 is 19.0 Å². The number of benzene rings is 1. The third-order valence-electron chi connectivity index (χ3n) is 3.83. The minimum atomic E-state index is -0.377. The number of thiazole rings is 1. The van der Waals surface area contributed by atoms with Gasteiger partial charge in [0.1, 0.15) is 10.7 Å². The molecule has 0 radical (unpaired) electrons. The zero-order chi connectivity index (χ0) is 19.9. The van der Waals surface area contributed by atoms with Crippen molar-refractivity contribution >= 4 is 17.3 Å². The molecule has 0 amide bonds. The fourth-order valence-corrected chi connectivity index (χ4v) is 3.40. The Balaban J connectivity index is 1.84. The van der Waals surface area contributed by atoms with Gasteiger partial charge in [-0.1, -0.05) is 0 Å². The van der Waals surface area contributed by atoms with Crippen LogP contribution in [0.3, 0.4) is 0 Å². The summed E-state index contributed by atoms with van der Waals surface area (Å²) < 4.78 is 16.3. The maximum Gasteiger partial charge on any atom is 0.339 e. The summed E-state index contributed by atoms with van der Waals surface area (Å²) in [6, 6.07) is 9.28. The van der Waals surface area contributed by atoms with E-state index in [1.165, 1.54) is 17.5 Å². The summed E-state index contributed by atoms with van der Waals surface area (Å²) in [7, 11) is 0. The Labute approximate surface area is 168 Å². The van der Waals surface area contributed by atoms with E-state index in [2.05, 4.69) is 9.97 Å². The van der Waals surface area contributed by atoms with Gasteiger partial charge in [-0.05, 0) is 51.1 Å². The lowest BCUT2D eigenvalue weighted by Crippen LogP contribution is -2.04. The van der Waals surface area contributed by atoms with Gasteiger partial charge in [-0.2, -0.15) is 0 Å². The SMILES string of the molecule is CCOC(=O)c1ccc(-c2csc(-c3ccc(OCC)c(OCC)c3)n2)nc1. The van der Waals surface area contributed by atoms with Crippen LogP contribution in [0.1, 0.15) is 31.1 Å². The summed E-state index contributed by atoms with van der Waals surface area (Å²) in [5.74, 6) is 1.05. The van der Waals surface area contributed by atoms with E-state index in [4.69, 9.17) is 14.2 Å². The topological polar surface area (TPSA) is 70.5 Å². The first-order valence-electron chi connectivity index (χ1n) is 9.15. The Kier molecular flexibility index (Phi) is 6.60. The average molecular weight is 398 g/mol. The summed E-state index contributed by atoms with van der Waals surface area (Å²) in [5, 5.41) is 2.80. The van der Waals surface area contributed by atoms with Crippen molar-refractivity contribution in [1.29, 1.82) is 0 Å². The normalized spacial score (nSPS) is 10.5.